The molecule has 0 unspecified atom stereocenters. The van der Waals surface area contributed by atoms with Crippen LogP contribution in [0.1, 0.15) is 17.5 Å². The SMILES string of the molecule is O=C(O)Cc1ccc(C#CCCCl)c(F)c1. The Kier molecular flexibility index (Phi) is 4.81. The second-order valence-corrected chi connectivity index (χ2v) is 3.50. The van der Waals surface area contributed by atoms with Gasteiger partial charge in [0.1, 0.15) is 5.82 Å². The summed E-state index contributed by atoms with van der Waals surface area (Å²) in [7, 11) is 0. The summed E-state index contributed by atoms with van der Waals surface area (Å²) in [6.45, 7) is 0. The second kappa shape index (κ2) is 6.14. The average molecular weight is 241 g/mol. The van der Waals surface area contributed by atoms with Crippen molar-refractivity contribution in [3.05, 3.63) is 35.1 Å². The minimum Gasteiger partial charge on any atom is -0.481 e. The quantitative estimate of drug-likeness (QED) is 0.651. The molecule has 0 aliphatic rings. The fraction of sp³-hybridized carbons (Fsp3) is 0.250. The van der Waals surface area contributed by atoms with E-state index in [-0.39, 0.29) is 12.0 Å². The Labute approximate surface area is 98.0 Å². The zero-order valence-corrected chi connectivity index (χ0v) is 9.22. The van der Waals surface area contributed by atoms with E-state index in [1.165, 1.54) is 12.1 Å². The lowest BCUT2D eigenvalue weighted by Gasteiger charge is -1.99. The number of rotatable bonds is 3. The number of aliphatic carboxylic acids is 1. The minimum absolute atomic E-state index is 0.188. The number of benzene rings is 1. The molecule has 84 valence electrons. The standard InChI is InChI=1S/C12H10ClFO2/c13-6-2-1-3-10-5-4-9(7-11(10)14)8-12(15)16/h4-5,7H,2,6,8H2,(H,15,16). The van der Waals surface area contributed by atoms with Gasteiger partial charge in [0, 0.05) is 12.3 Å². The van der Waals surface area contributed by atoms with Gasteiger partial charge in [0.25, 0.3) is 0 Å². The van der Waals surface area contributed by atoms with E-state index in [0.717, 1.165) is 0 Å². The monoisotopic (exact) mass is 240 g/mol. The second-order valence-electron chi connectivity index (χ2n) is 3.13. The van der Waals surface area contributed by atoms with Gasteiger partial charge in [0.2, 0.25) is 0 Å². The highest BCUT2D eigenvalue weighted by Gasteiger charge is 2.04. The maximum Gasteiger partial charge on any atom is 0.307 e. The van der Waals surface area contributed by atoms with Gasteiger partial charge in [0.15, 0.2) is 0 Å². The summed E-state index contributed by atoms with van der Waals surface area (Å²) in [4.78, 5) is 10.4. The highest BCUT2D eigenvalue weighted by atomic mass is 35.5. The first-order valence-corrected chi connectivity index (χ1v) is 5.22. The smallest absolute Gasteiger partial charge is 0.307 e. The van der Waals surface area contributed by atoms with Gasteiger partial charge in [-0.05, 0) is 17.7 Å². The van der Waals surface area contributed by atoms with E-state index in [1.807, 2.05) is 0 Å². The van der Waals surface area contributed by atoms with Crippen LogP contribution in [0.15, 0.2) is 18.2 Å². The fourth-order valence-electron chi connectivity index (χ4n) is 1.15. The molecule has 1 N–H and O–H groups in total. The van der Waals surface area contributed by atoms with Gasteiger partial charge in [-0.2, -0.15) is 0 Å². The number of hydrogen-bond donors (Lipinski definition) is 1. The van der Waals surface area contributed by atoms with Crippen molar-refractivity contribution in [3.8, 4) is 11.8 Å². The highest BCUT2D eigenvalue weighted by Crippen LogP contribution is 2.10. The van der Waals surface area contributed by atoms with Gasteiger partial charge in [-0.3, -0.25) is 4.79 Å². The largest absolute Gasteiger partial charge is 0.481 e. The van der Waals surface area contributed by atoms with Crippen molar-refractivity contribution in [3.63, 3.8) is 0 Å². The van der Waals surface area contributed by atoms with E-state index in [0.29, 0.717) is 17.9 Å². The van der Waals surface area contributed by atoms with Crippen LogP contribution in [-0.4, -0.2) is 17.0 Å². The van der Waals surface area contributed by atoms with Crippen LogP contribution in [0.5, 0.6) is 0 Å². The predicted molar refractivity (Wildman–Crippen MR) is 60.0 cm³/mol. The summed E-state index contributed by atoms with van der Waals surface area (Å²) >= 11 is 5.43. The molecule has 0 radical (unpaired) electrons. The number of carboxylic acids is 1. The van der Waals surface area contributed by atoms with Crippen LogP contribution in [0.25, 0.3) is 0 Å². The summed E-state index contributed by atoms with van der Waals surface area (Å²) in [5, 5.41) is 8.54. The third-order valence-electron chi connectivity index (χ3n) is 1.83. The van der Waals surface area contributed by atoms with Crippen molar-refractivity contribution < 1.29 is 14.3 Å². The Morgan fingerprint density at radius 3 is 2.81 bits per heavy atom. The van der Waals surface area contributed by atoms with Crippen LogP contribution in [0.3, 0.4) is 0 Å². The summed E-state index contributed by atoms with van der Waals surface area (Å²) in [6.07, 6.45) is 0.310. The molecule has 0 amide bonds. The molecule has 1 rings (SSSR count). The van der Waals surface area contributed by atoms with E-state index in [9.17, 15) is 9.18 Å². The van der Waals surface area contributed by atoms with Gasteiger partial charge in [-0.1, -0.05) is 17.9 Å². The average Bonchev–Trinajstić information content (AvgIpc) is 2.20. The Hall–Kier alpha value is -1.53. The molecule has 0 fully saturated rings. The molecule has 2 nitrogen and oxygen atoms in total. The molecule has 16 heavy (non-hydrogen) atoms. The molecule has 1 aromatic carbocycles. The van der Waals surface area contributed by atoms with Crippen molar-refractivity contribution in [1.29, 1.82) is 0 Å². The Morgan fingerprint density at radius 2 is 2.25 bits per heavy atom. The summed E-state index contributed by atoms with van der Waals surface area (Å²) in [6, 6.07) is 4.23. The lowest BCUT2D eigenvalue weighted by atomic mass is 10.1. The molecule has 0 saturated heterocycles. The van der Waals surface area contributed by atoms with Gasteiger partial charge >= 0.3 is 5.97 Å². The van der Waals surface area contributed by atoms with E-state index >= 15 is 0 Å². The maximum atomic E-state index is 13.4. The van der Waals surface area contributed by atoms with Crippen LogP contribution < -0.4 is 0 Å². The van der Waals surface area contributed by atoms with Crippen molar-refractivity contribution in [1.82, 2.24) is 0 Å². The summed E-state index contributed by atoms with van der Waals surface area (Å²) in [5.74, 6) is 4.28. The van der Waals surface area contributed by atoms with Crippen molar-refractivity contribution in [2.24, 2.45) is 0 Å². The Morgan fingerprint density at radius 1 is 1.50 bits per heavy atom. The van der Waals surface area contributed by atoms with E-state index in [4.69, 9.17) is 16.7 Å². The van der Waals surface area contributed by atoms with Gasteiger partial charge in [-0.25, -0.2) is 4.39 Å². The topological polar surface area (TPSA) is 37.3 Å². The van der Waals surface area contributed by atoms with Crippen LogP contribution in [0.2, 0.25) is 0 Å². The van der Waals surface area contributed by atoms with Crippen LogP contribution in [0.4, 0.5) is 4.39 Å². The van der Waals surface area contributed by atoms with Crippen LogP contribution >= 0.6 is 11.6 Å². The normalized spacial score (nSPS) is 9.38. The molecule has 4 heteroatoms. The molecule has 0 saturated carbocycles. The maximum absolute atomic E-state index is 13.4. The van der Waals surface area contributed by atoms with Gasteiger partial charge in [-0.15, -0.1) is 11.6 Å². The number of halogens is 2. The van der Waals surface area contributed by atoms with Crippen molar-refractivity contribution in [2.45, 2.75) is 12.8 Å². The Balaban J connectivity index is 2.84. The van der Waals surface area contributed by atoms with Gasteiger partial charge < -0.3 is 5.11 Å². The fourth-order valence-corrected chi connectivity index (χ4v) is 1.24. The molecule has 0 aromatic heterocycles. The van der Waals surface area contributed by atoms with E-state index in [1.54, 1.807) is 6.07 Å². The molecule has 0 bridgehead atoms. The lowest BCUT2D eigenvalue weighted by molar-refractivity contribution is -0.136. The van der Waals surface area contributed by atoms with Gasteiger partial charge in [0.05, 0.1) is 12.0 Å². The van der Waals surface area contributed by atoms with E-state index < -0.39 is 11.8 Å². The first-order valence-electron chi connectivity index (χ1n) is 4.68. The zero-order valence-electron chi connectivity index (χ0n) is 8.46. The van der Waals surface area contributed by atoms with Crippen LogP contribution in [-0.2, 0) is 11.2 Å². The van der Waals surface area contributed by atoms with Crippen LogP contribution in [0, 0.1) is 17.7 Å². The number of alkyl halides is 1. The zero-order chi connectivity index (χ0) is 12.0. The number of carbonyl (C=O) groups is 1. The Bertz CT molecular complexity index is 446. The third-order valence-corrected chi connectivity index (χ3v) is 2.02. The first-order chi connectivity index (χ1) is 7.63. The number of carboxylic acid groups (broad SMARTS) is 1. The van der Waals surface area contributed by atoms with Crippen molar-refractivity contribution in [2.75, 3.05) is 5.88 Å². The first kappa shape index (κ1) is 12.5. The summed E-state index contributed by atoms with van der Waals surface area (Å²) in [5.41, 5.74) is 0.687. The highest BCUT2D eigenvalue weighted by molar-refractivity contribution is 6.18. The summed E-state index contributed by atoms with van der Waals surface area (Å²) < 4.78 is 13.4. The number of hydrogen-bond acceptors (Lipinski definition) is 1. The molecule has 0 aliphatic heterocycles. The molecule has 1 aromatic rings. The molecule has 0 aliphatic carbocycles. The molecule has 0 heterocycles. The molecule has 0 atom stereocenters. The molecular formula is C12H10ClFO2. The predicted octanol–water partition coefficient (Wildman–Crippen LogP) is 2.43. The molecule has 0 spiro atoms. The molecular weight excluding hydrogens is 231 g/mol. The minimum atomic E-state index is -0.986. The van der Waals surface area contributed by atoms with Crippen molar-refractivity contribution >= 4 is 17.6 Å². The van der Waals surface area contributed by atoms with E-state index in [2.05, 4.69) is 11.8 Å². The lowest BCUT2D eigenvalue weighted by Crippen LogP contribution is -2.00. The third kappa shape index (κ3) is 3.92.